The summed E-state index contributed by atoms with van der Waals surface area (Å²) in [6.45, 7) is 8.37. The molecule has 1 aromatic carbocycles. The quantitative estimate of drug-likeness (QED) is 0.649. The number of likely N-dealkylation sites (tertiary alicyclic amines) is 1. The average Bonchev–Trinajstić information content (AvgIpc) is 2.71. The second-order valence-corrected chi connectivity index (χ2v) is 8.75. The molecule has 0 amide bonds. The number of rotatable bonds is 4. The van der Waals surface area contributed by atoms with Gasteiger partial charge in [0, 0.05) is 37.5 Å². The number of anilines is 1. The van der Waals surface area contributed by atoms with Gasteiger partial charge in [0.05, 0.1) is 4.92 Å². The molecule has 3 heterocycles. The first-order chi connectivity index (χ1) is 13.1. The lowest BCUT2D eigenvalue weighted by molar-refractivity contribution is -0.384. The molecule has 3 aliphatic heterocycles. The minimum absolute atomic E-state index is 0.174. The Labute approximate surface area is 162 Å². The van der Waals surface area contributed by atoms with Gasteiger partial charge in [-0.15, -0.1) is 0 Å². The van der Waals surface area contributed by atoms with E-state index in [0.717, 1.165) is 24.7 Å². The molecule has 3 saturated heterocycles. The average molecular weight is 373 g/mol. The van der Waals surface area contributed by atoms with Crippen LogP contribution in [0.2, 0.25) is 0 Å². The van der Waals surface area contributed by atoms with Crippen LogP contribution < -0.4 is 10.2 Å². The molecule has 1 N–H and O–H groups in total. The van der Waals surface area contributed by atoms with Crippen LogP contribution >= 0.6 is 0 Å². The molecule has 27 heavy (non-hydrogen) atoms. The third-order valence-electron chi connectivity index (χ3n) is 7.14. The van der Waals surface area contributed by atoms with Crippen molar-refractivity contribution in [2.75, 3.05) is 50.7 Å². The van der Waals surface area contributed by atoms with E-state index in [-0.39, 0.29) is 10.6 Å². The van der Waals surface area contributed by atoms with E-state index in [0.29, 0.717) is 5.41 Å². The van der Waals surface area contributed by atoms with E-state index in [1.54, 1.807) is 12.1 Å². The molecule has 0 unspecified atom stereocenters. The molecule has 0 saturated carbocycles. The van der Waals surface area contributed by atoms with Crippen molar-refractivity contribution in [1.29, 1.82) is 0 Å². The number of nitrogens with zero attached hydrogens (tertiary/aromatic N) is 3. The number of nitro benzene ring substituents is 1. The summed E-state index contributed by atoms with van der Waals surface area (Å²) < 4.78 is 0. The molecular formula is C21H32N4O2. The van der Waals surface area contributed by atoms with Crippen LogP contribution in [0.15, 0.2) is 24.3 Å². The van der Waals surface area contributed by atoms with Gasteiger partial charge in [0.15, 0.2) is 0 Å². The summed E-state index contributed by atoms with van der Waals surface area (Å²) >= 11 is 0. The fourth-order valence-electron chi connectivity index (χ4n) is 5.16. The minimum atomic E-state index is -0.327. The first-order valence-electron chi connectivity index (χ1n) is 10.6. The first kappa shape index (κ1) is 18.7. The third kappa shape index (κ3) is 4.43. The molecule has 6 heteroatoms. The number of hydrogen-bond donors (Lipinski definition) is 1. The van der Waals surface area contributed by atoms with E-state index >= 15 is 0 Å². The zero-order valence-electron chi connectivity index (χ0n) is 16.2. The maximum atomic E-state index is 10.8. The normalized spacial score (nSPS) is 24.2. The van der Waals surface area contributed by atoms with Gasteiger partial charge in [-0.3, -0.25) is 10.1 Å². The molecule has 0 bridgehead atoms. The molecular weight excluding hydrogens is 340 g/mol. The molecule has 0 aromatic heterocycles. The lowest BCUT2D eigenvalue weighted by atomic mass is 9.71. The number of hydrogen-bond acceptors (Lipinski definition) is 5. The monoisotopic (exact) mass is 372 g/mol. The van der Waals surface area contributed by atoms with Gasteiger partial charge in [-0.05, 0) is 88.2 Å². The van der Waals surface area contributed by atoms with Gasteiger partial charge < -0.3 is 15.1 Å². The summed E-state index contributed by atoms with van der Waals surface area (Å²) in [5.41, 5.74) is 1.83. The van der Waals surface area contributed by atoms with E-state index in [4.69, 9.17) is 0 Å². The van der Waals surface area contributed by atoms with Crippen LogP contribution in [0.4, 0.5) is 11.4 Å². The van der Waals surface area contributed by atoms with Gasteiger partial charge in [-0.2, -0.15) is 0 Å². The first-order valence-corrected chi connectivity index (χ1v) is 10.6. The van der Waals surface area contributed by atoms with E-state index in [1.807, 2.05) is 12.1 Å². The molecule has 1 aromatic rings. The smallest absolute Gasteiger partial charge is 0.269 e. The number of piperidine rings is 3. The van der Waals surface area contributed by atoms with E-state index in [2.05, 4.69) is 15.1 Å². The van der Waals surface area contributed by atoms with Crippen LogP contribution in [-0.4, -0.2) is 55.6 Å². The topological polar surface area (TPSA) is 61.7 Å². The van der Waals surface area contributed by atoms with Gasteiger partial charge >= 0.3 is 0 Å². The standard InChI is InChI=1S/C21H32N4O2/c26-25(27)20-3-1-19(2-4-20)24-15-9-21(10-16-24)7-13-23(14-8-21)17-18-5-11-22-12-6-18/h1-4,18,22H,5-17H2. The SMILES string of the molecule is O=[N+]([O-])c1ccc(N2CCC3(CCN(CC4CCNCC4)CC3)CC2)cc1. The summed E-state index contributed by atoms with van der Waals surface area (Å²) in [5, 5.41) is 14.3. The van der Waals surface area contributed by atoms with Gasteiger partial charge in [-0.1, -0.05) is 0 Å². The van der Waals surface area contributed by atoms with Crippen LogP contribution in [0.5, 0.6) is 0 Å². The fourth-order valence-corrected chi connectivity index (χ4v) is 5.16. The molecule has 3 aliphatic rings. The Kier molecular flexibility index (Phi) is 5.64. The Bertz CT molecular complexity index is 624. The third-order valence-corrected chi connectivity index (χ3v) is 7.14. The lowest BCUT2D eigenvalue weighted by Crippen LogP contribution is -2.48. The van der Waals surface area contributed by atoms with E-state index < -0.39 is 0 Å². The predicted molar refractivity (Wildman–Crippen MR) is 108 cm³/mol. The van der Waals surface area contributed by atoms with Crippen molar-refractivity contribution < 1.29 is 4.92 Å². The second kappa shape index (κ2) is 8.15. The molecule has 4 rings (SSSR count). The number of non-ortho nitro benzene ring substituents is 1. The highest BCUT2D eigenvalue weighted by atomic mass is 16.6. The maximum Gasteiger partial charge on any atom is 0.269 e. The van der Waals surface area contributed by atoms with Gasteiger partial charge in [-0.25, -0.2) is 0 Å². The summed E-state index contributed by atoms with van der Waals surface area (Å²) in [6, 6.07) is 7.05. The van der Waals surface area contributed by atoms with Crippen LogP contribution in [0.25, 0.3) is 0 Å². The summed E-state index contributed by atoms with van der Waals surface area (Å²) in [4.78, 5) is 15.6. The number of benzene rings is 1. The molecule has 0 atom stereocenters. The molecule has 3 fully saturated rings. The van der Waals surface area contributed by atoms with Crippen LogP contribution in [-0.2, 0) is 0 Å². The zero-order chi connectivity index (χ0) is 18.7. The largest absolute Gasteiger partial charge is 0.371 e. The molecule has 6 nitrogen and oxygen atoms in total. The molecule has 0 aliphatic carbocycles. The highest BCUT2D eigenvalue weighted by Gasteiger charge is 2.38. The van der Waals surface area contributed by atoms with Crippen molar-refractivity contribution in [1.82, 2.24) is 10.2 Å². The maximum absolute atomic E-state index is 10.8. The van der Waals surface area contributed by atoms with Crippen molar-refractivity contribution in [3.8, 4) is 0 Å². The number of nitro groups is 1. The highest BCUT2D eigenvalue weighted by Crippen LogP contribution is 2.42. The fraction of sp³-hybridized carbons (Fsp3) is 0.714. The lowest BCUT2D eigenvalue weighted by Gasteiger charge is -2.48. The second-order valence-electron chi connectivity index (χ2n) is 8.75. The van der Waals surface area contributed by atoms with Crippen molar-refractivity contribution in [2.45, 2.75) is 38.5 Å². The van der Waals surface area contributed by atoms with Crippen molar-refractivity contribution in [2.24, 2.45) is 11.3 Å². The Morgan fingerprint density at radius 1 is 1.00 bits per heavy atom. The van der Waals surface area contributed by atoms with Gasteiger partial charge in [0.1, 0.15) is 0 Å². The minimum Gasteiger partial charge on any atom is -0.371 e. The van der Waals surface area contributed by atoms with E-state index in [1.165, 1.54) is 71.2 Å². The molecule has 148 valence electrons. The van der Waals surface area contributed by atoms with Gasteiger partial charge in [0.25, 0.3) is 5.69 Å². The van der Waals surface area contributed by atoms with Crippen molar-refractivity contribution >= 4 is 11.4 Å². The summed E-state index contributed by atoms with van der Waals surface area (Å²) in [5.74, 6) is 0.893. The molecule has 1 spiro atoms. The Hall–Kier alpha value is -1.66. The van der Waals surface area contributed by atoms with Crippen molar-refractivity contribution in [3.63, 3.8) is 0 Å². The summed E-state index contributed by atoms with van der Waals surface area (Å²) in [7, 11) is 0. The predicted octanol–water partition coefficient (Wildman–Crippen LogP) is 3.28. The van der Waals surface area contributed by atoms with Crippen LogP contribution in [0.1, 0.15) is 38.5 Å². The van der Waals surface area contributed by atoms with Crippen LogP contribution in [0, 0.1) is 21.4 Å². The highest BCUT2D eigenvalue weighted by molar-refractivity contribution is 5.51. The molecule has 0 radical (unpaired) electrons. The van der Waals surface area contributed by atoms with E-state index in [9.17, 15) is 10.1 Å². The Balaban J connectivity index is 1.26. The van der Waals surface area contributed by atoms with Crippen LogP contribution in [0.3, 0.4) is 0 Å². The van der Waals surface area contributed by atoms with Gasteiger partial charge in [0.2, 0.25) is 0 Å². The zero-order valence-corrected chi connectivity index (χ0v) is 16.2. The Morgan fingerprint density at radius 3 is 2.19 bits per heavy atom. The summed E-state index contributed by atoms with van der Waals surface area (Å²) in [6.07, 6.45) is 7.87. The Morgan fingerprint density at radius 2 is 1.59 bits per heavy atom. The van der Waals surface area contributed by atoms with Crippen molar-refractivity contribution in [3.05, 3.63) is 34.4 Å². The number of nitrogens with one attached hydrogen (secondary N) is 1.